The Labute approximate surface area is 170 Å². The van der Waals surface area contributed by atoms with Crippen molar-refractivity contribution < 1.29 is 33.3 Å². The summed E-state index contributed by atoms with van der Waals surface area (Å²) >= 11 is 5.18. The van der Waals surface area contributed by atoms with Gasteiger partial charge < -0.3 is 23.9 Å². The Morgan fingerprint density at radius 1 is 1.03 bits per heavy atom. The Morgan fingerprint density at radius 2 is 1.62 bits per heavy atom. The maximum Gasteiger partial charge on any atom is 0.303 e. The van der Waals surface area contributed by atoms with Crippen molar-refractivity contribution >= 4 is 41.3 Å². The summed E-state index contributed by atoms with van der Waals surface area (Å²) in [4.78, 5) is 46.3. The van der Waals surface area contributed by atoms with Crippen LogP contribution in [0, 0.1) is 4.64 Å². The standard InChI is InChI=1S/C17H20N4O7S/c1-7-12(26-8(2)22)13(27-9(3)23)14(28-10(4)24)17(25-7)21-6-20-11-15(21)18-5-19-16(11)29/h5-7,12-14,17H,1-4H3,(H,18,19,29)/t7-,12-,13-,14-,17+/m0/s1. The van der Waals surface area contributed by atoms with Crippen molar-refractivity contribution in [2.45, 2.75) is 58.3 Å². The van der Waals surface area contributed by atoms with Crippen molar-refractivity contribution in [2.75, 3.05) is 0 Å². The van der Waals surface area contributed by atoms with E-state index in [0.29, 0.717) is 11.2 Å². The van der Waals surface area contributed by atoms with Gasteiger partial charge in [0.25, 0.3) is 0 Å². The van der Waals surface area contributed by atoms with E-state index in [4.69, 9.17) is 31.2 Å². The van der Waals surface area contributed by atoms with Crippen LogP contribution in [0.25, 0.3) is 11.2 Å². The highest BCUT2D eigenvalue weighted by Gasteiger charge is 2.51. The molecule has 0 aromatic carbocycles. The lowest BCUT2D eigenvalue weighted by Gasteiger charge is -2.44. The SMILES string of the molecule is CC(=O)O[C@H]1[C@@H](OC(C)=O)[C@H](C)O[C@@H](n2cnc3c(=S)nc[nH]c32)[C@H]1OC(C)=O. The number of carbonyl (C=O) groups excluding carboxylic acids is 3. The second-order valence-electron chi connectivity index (χ2n) is 6.51. The maximum atomic E-state index is 11.8. The summed E-state index contributed by atoms with van der Waals surface area (Å²) in [7, 11) is 0. The molecule has 5 atom stereocenters. The van der Waals surface area contributed by atoms with Gasteiger partial charge in [-0.15, -0.1) is 0 Å². The lowest BCUT2D eigenvalue weighted by atomic mass is 9.97. The number of hydrogen-bond donors (Lipinski definition) is 1. The first-order valence-corrected chi connectivity index (χ1v) is 9.17. The van der Waals surface area contributed by atoms with Crippen LogP contribution in [-0.2, 0) is 33.3 Å². The van der Waals surface area contributed by atoms with Gasteiger partial charge in [-0.3, -0.25) is 19.0 Å². The molecular formula is C17H20N4O7S. The topological polar surface area (TPSA) is 135 Å². The lowest BCUT2D eigenvalue weighted by molar-refractivity contribution is -0.259. The minimum Gasteiger partial charge on any atom is -0.456 e. The monoisotopic (exact) mass is 424 g/mol. The average Bonchev–Trinajstić information content (AvgIpc) is 3.04. The molecule has 0 saturated carbocycles. The van der Waals surface area contributed by atoms with E-state index in [-0.39, 0.29) is 4.64 Å². The van der Waals surface area contributed by atoms with Crippen LogP contribution in [0.1, 0.15) is 33.9 Å². The molecule has 0 bridgehead atoms. The number of rotatable bonds is 4. The quantitative estimate of drug-likeness (QED) is 0.433. The number of carbonyl (C=O) groups is 3. The highest BCUT2D eigenvalue weighted by Crippen LogP contribution is 2.35. The Morgan fingerprint density at radius 3 is 2.24 bits per heavy atom. The number of imidazole rings is 1. The highest BCUT2D eigenvalue weighted by atomic mass is 32.1. The van der Waals surface area contributed by atoms with Crippen molar-refractivity contribution in [2.24, 2.45) is 0 Å². The summed E-state index contributed by atoms with van der Waals surface area (Å²) < 4.78 is 24.0. The Hall–Kier alpha value is -2.86. The molecule has 0 radical (unpaired) electrons. The lowest BCUT2D eigenvalue weighted by Crippen LogP contribution is -2.58. The third-order valence-electron chi connectivity index (χ3n) is 4.31. The second kappa shape index (κ2) is 8.25. The minimum absolute atomic E-state index is 0.278. The summed E-state index contributed by atoms with van der Waals surface area (Å²) in [6.07, 6.45) is -1.98. The molecule has 12 heteroatoms. The molecule has 1 fully saturated rings. The predicted octanol–water partition coefficient (Wildman–Crippen LogP) is 1.20. The maximum absolute atomic E-state index is 11.8. The first-order chi connectivity index (χ1) is 13.7. The Bertz CT molecular complexity index is 1000. The smallest absolute Gasteiger partial charge is 0.303 e. The number of esters is 3. The number of nitrogens with one attached hydrogen (secondary N) is 1. The van der Waals surface area contributed by atoms with Crippen LogP contribution in [0.5, 0.6) is 0 Å². The first-order valence-electron chi connectivity index (χ1n) is 8.76. The van der Waals surface area contributed by atoms with Gasteiger partial charge >= 0.3 is 17.9 Å². The highest BCUT2D eigenvalue weighted by molar-refractivity contribution is 7.71. The molecule has 2 aromatic heterocycles. The van der Waals surface area contributed by atoms with Crippen LogP contribution in [0.15, 0.2) is 12.7 Å². The van der Waals surface area contributed by atoms with Gasteiger partial charge in [0, 0.05) is 20.8 Å². The van der Waals surface area contributed by atoms with E-state index in [1.807, 2.05) is 0 Å². The molecule has 11 nitrogen and oxygen atoms in total. The molecule has 1 saturated heterocycles. The van der Waals surface area contributed by atoms with Gasteiger partial charge in [-0.2, -0.15) is 0 Å². The van der Waals surface area contributed by atoms with E-state index in [1.165, 1.54) is 33.4 Å². The van der Waals surface area contributed by atoms with Crippen LogP contribution in [0.3, 0.4) is 0 Å². The van der Waals surface area contributed by atoms with Crippen molar-refractivity contribution in [1.82, 2.24) is 19.5 Å². The summed E-state index contributed by atoms with van der Waals surface area (Å²) in [5, 5.41) is 0. The molecule has 0 aliphatic carbocycles. The Balaban J connectivity index is 2.10. The molecule has 156 valence electrons. The summed E-state index contributed by atoms with van der Waals surface area (Å²) in [5.74, 6) is -1.85. The Kier molecular flexibility index (Phi) is 5.94. The summed E-state index contributed by atoms with van der Waals surface area (Å²) in [5.41, 5.74) is 0.901. The number of aromatic amines is 1. The van der Waals surface area contributed by atoms with E-state index >= 15 is 0 Å². The minimum atomic E-state index is -1.12. The van der Waals surface area contributed by atoms with Gasteiger partial charge in [-0.1, -0.05) is 12.2 Å². The molecule has 0 amide bonds. The van der Waals surface area contributed by atoms with Crippen LogP contribution in [-0.4, -0.2) is 61.8 Å². The molecule has 0 unspecified atom stereocenters. The van der Waals surface area contributed by atoms with E-state index in [2.05, 4.69) is 15.0 Å². The predicted molar refractivity (Wildman–Crippen MR) is 99.0 cm³/mol. The third kappa shape index (κ3) is 4.27. The summed E-state index contributed by atoms with van der Waals surface area (Å²) in [6, 6.07) is 0. The fourth-order valence-electron chi connectivity index (χ4n) is 3.28. The number of hydrogen-bond acceptors (Lipinski definition) is 10. The number of fused-ring (bicyclic) bond motifs is 1. The second-order valence-corrected chi connectivity index (χ2v) is 6.90. The van der Waals surface area contributed by atoms with Gasteiger partial charge in [0.05, 0.1) is 18.8 Å². The van der Waals surface area contributed by atoms with Crippen LogP contribution >= 0.6 is 12.2 Å². The zero-order valence-electron chi connectivity index (χ0n) is 16.1. The van der Waals surface area contributed by atoms with Crippen LogP contribution < -0.4 is 0 Å². The van der Waals surface area contributed by atoms with Crippen molar-refractivity contribution in [3.05, 3.63) is 17.3 Å². The molecule has 29 heavy (non-hydrogen) atoms. The fourth-order valence-corrected chi connectivity index (χ4v) is 3.48. The van der Waals surface area contributed by atoms with Gasteiger partial charge in [0.2, 0.25) is 0 Å². The zero-order chi connectivity index (χ0) is 21.3. The van der Waals surface area contributed by atoms with Gasteiger partial charge in [0.15, 0.2) is 29.2 Å². The van der Waals surface area contributed by atoms with Crippen molar-refractivity contribution in [3.63, 3.8) is 0 Å². The van der Waals surface area contributed by atoms with Gasteiger partial charge in [0.1, 0.15) is 11.2 Å². The molecule has 3 rings (SSSR count). The van der Waals surface area contributed by atoms with Crippen LogP contribution in [0.2, 0.25) is 0 Å². The van der Waals surface area contributed by atoms with E-state index in [9.17, 15) is 14.4 Å². The van der Waals surface area contributed by atoms with Crippen LogP contribution in [0.4, 0.5) is 0 Å². The van der Waals surface area contributed by atoms with E-state index < -0.39 is 48.6 Å². The average molecular weight is 424 g/mol. The summed E-state index contributed by atoms with van der Waals surface area (Å²) in [6.45, 7) is 5.30. The number of H-pyrrole nitrogens is 1. The molecule has 2 aromatic rings. The largest absolute Gasteiger partial charge is 0.456 e. The molecule has 3 heterocycles. The van der Waals surface area contributed by atoms with Gasteiger partial charge in [-0.25, -0.2) is 9.97 Å². The van der Waals surface area contributed by atoms with Crippen molar-refractivity contribution in [3.8, 4) is 0 Å². The number of aromatic nitrogens is 4. The van der Waals surface area contributed by atoms with Gasteiger partial charge in [-0.05, 0) is 6.92 Å². The first kappa shape index (κ1) is 20.9. The van der Waals surface area contributed by atoms with E-state index in [0.717, 1.165) is 0 Å². The third-order valence-corrected chi connectivity index (χ3v) is 4.60. The molecule has 1 aliphatic heterocycles. The number of ether oxygens (including phenoxy) is 4. The molecule has 1 N–H and O–H groups in total. The molecule has 0 spiro atoms. The normalized spacial score (nSPS) is 26.7. The molecule has 1 aliphatic rings. The fraction of sp³-hybridized carbons (Fsp3) is 0.529. The van der Waals surface area contributed by atoms with E-state index in [1.54, 1.807) is 11.5 Å². The molecular weight excluding hydrogens is 404 g/mol. The number of nitrogens with zero attached hydrogens (tertiary/aromatic N) is 3. The van der Waals surface area contributed by atoms with Crippen molar-refractivity contribution in [1.29, 1.82) is 0 Å². The zero-order valence-corrected chi connectivity index (χ0v) is 17.0.